The van der Waals surface area contributed by atoms with Gasteiger partial charge in [0.15, 0.2) is 0 Å². The first-order valence-electron chi connectivity index (χ1n) is 9.16. The zero-order valence-electron chi connectivity index (χ0n) is 15.5. The van der Waals surface area contributed by atoms with E-state index in [4.69, 9.17) is 14.0 Å². The molecule has 0 N–H and O–H groups in total. The molecule has 0 aromatic heterocycles. The molecule has 4 rings (SSSR count). The molecule has 3 heterocycles. The van der Waals surface area contributed by atoms with E-state index in [1.165, 1.54) is 0 Å². The maximum absolute atomic E-state index is 12.8. The summed E-state index contributed by atoms with van der Waals surface area (Å²) in [4.78, 5) is 14.8. The van der Waals surface area contributed by atoms with Gasteiger partial charge in [-0.3, -0.25) is 4.79 Å². The van der Waals surface area contributed by atoms with Gasteiger partial charge in [-0.15, -0.1) is 0 Å². The Morgan fingerprint density at radius 1 is 1.08 bits per heavy atom. The van der Waals surface area contributed by atoms with Crippen LogP contribution in [0, 0.1) is 0 Å². The van der Waals surface area contributed by atoms with Crippen LogP contribution in [-0.2, 0) is 20.6 Å². The van der Waals surface area contributed by atoms with Gasteiger partial charge in [-0.2, -0.15) is 0 Å². The second-order valence-electron chi connectivity index (χ2n) is 8.28. The predicted molar refractivity (Wildman–Crippen MR) is 95.9 cm³/mol. The highest BCUT2D eigenvalue weighted by Crippen LogP contribution is 2.37. The van der Waals surface area contributed by atoms with Crippen LogP contribution in [0.15, 0.2) is 18.2 Å². The van der Waals surface area contributed by atoms with E-state index in [0.29, 0.717) is 6.54 Å². The van der Waals surface area contributed by atoms with E-state index >= 15 is 0 Å². The highest BCUT2D eigenvalue weighted by Gasteiger charge is 2.52. The smallest absolute Gasteiger partial charge is 0.399 e. The summed E-state index contributed by atoms with van der Waals surface area (Å²) in [5.41, 5.74) is 2.15. The summed E-state index contributed by atoms with van der Waals surface area (Å²) in [5, 5.41) is 0. The number of fused-ring (bicyclic) bond motifs is 1. The Labute approximate surface area is 149 Å². The first-order chi connectivity index (χ1) is 11.8. The molecule has 2 fully saturated rings. The number of amides is 1. The maximum Gasteiger partial charge on any atom is 0.494 e. The molecule has 1 aromatic rings. The van der Waals surface area contributed by atoms with E-state index in [1.54, 1.807) is 0 Å². The average molecular weight is 343 g/mol. The standard InChI is InChI=1S/C19H26BNO4/c1-18(2)19(3,4)25-20(24-18)14-5-6-16-13(11-14)12-21(17(16)22)15-7-9-23-10-8-15/h5-6,11,15H,7-10,12H2,1-4H3. The second kappa shape index (κ2) is 5.83. The van der Waals surface area contributed by atoms with Crippen molar-refractivity contribution in [1.82, 2.24) is 4.90 Å². The molecule has 0 atom stereocenters. The maximum atomic E-state index is 12.8. The van der Waals surface area contributed by atoms with E-state index in [-0.39, 0.29) is 30.3 Å². The van der Waals surface area contributed by atoms with E-state index < -0.39 is 0 Å². The molecule has 5 nitrogen and oxygen atoms in total. The Hall–Kier alpha value is -1.37. The Morgan fingerprint density at radius 3 is 2.36 bits per heavy atom. The van der Waals surface area contributed by atoms with Crippen LogP contribution in [0.2, 0.25) is 0 Å². The van der Waals surface area contributed by atoms with Gasteiger partial charge in [0.1, 0.15) is 0 Å². The van der Waals surface area contributed by atoms with Gasteiger partial charge in [-0.25, -0.2) is 0 Å². The van der Waals surface area contributed by atoms with Crippen molar-refractivity contribution in [2.45, 2.75) is 64.3 Å². The largest absolute Gasteiger partial charge is 0.494 e. The Morgan fingerprint density at radius 2 is 1.72 bits per heavy atom. The monoisotopic (exact) mass is 343 g/mol. The highest BCUT2D eigenvalue weighted by molar-refractivity contribution is 6.62. The van der Waals surface area contributed by atoms with Gasteiger partial charge < -0.3 is 18.9 Å². The van der Waals surface area contributed by atoms with Crippen LogP contribution in [0.25, 0.3) is 0 Å². The molecule has 134 valence electrons. The lowest BCUT2D eigenvalue weighted by atomic mass is 9.78. The first-order valence-corrected chi connectivity index (χ1v) is 9.16. The van der Waals surface area contributed by atoms with Crippen LogP contribution in [0.4, 0.5) is 0 Å². The molecule has 3 aliphatic heterocycles. The van der Waals surface area contributed by atoms with Gasteiger partial charge in [-0.1, -0.05) is 12.1 Å². The number of carbonyl (C=O) groups is 1. The van der Waals surface area contributed by atoms with Crippen molar-refractivity contribution in [3.8, 4) is 0 Å². The van der Waals surface area contributed by atoms with Crippen molar-refractivity contribution >= 4 is 18.5 Å². The summed E-state index contributed by atoms with van der Waals surface area (Å²) < 4.78 is 17.7. The quantitative estimate of drug-likeness (QED) is 0.772. The highest BCUT2D eigenvalue weighted by atomic mass is 16.7. The molecular weight excluding hydrogens is 317 g/mol. The molecule has 0 aliphatic carbocycles. The van der Waals surface area contributed by atoms with Crippen LogP contribution < -0.4 is 5.46 Å². The summed E-state index contributed by atoms with van der Waals surface area (Å²) in [7, 11) is -0.387. The van der Waals surface area contributed by atoms with Crippen LogP contribution in [-0.4, -0.2) is 48.4 Å². The topological polar surface area (TPSA) is 48.0 Å². The number of nitrogens with zero attached hydrogens (tertiary/aromatic N) is 1. The molecule has 25 heavy (non-hydrogen) atoms. The Kier molecular flexibility index (Phi) is 3.98. The third-order valence-corrected chi connectivity index (χ3v) is 6.12. The van der Waals surface area contributed by atoms with Gasteiger partial charge in [0.25, 0.3) is 5.91 Å². The molecule has 1 amide bonds. The van der Waals surface area contributed by atoms with Gasteiger partial charge in [0, 0.05) is 31.4 Å². The van der Waals surface area contributed by atoms with E-state index in [9.17, 15) is 4.79 Å². The number of hydrogen-bond donors (Lipinski definition) is 0. The SMILES string of the molecule is CC1(C)OB(c2ccc3c(c2)CN(C2CCOCC2)C3=O)OC1(C)C. The van der Waals surface area contributed by atoms with Crippen LogP contribution in [0.5, 0.6) is 0 Å². The molecule has 0 unspecified atom stereocenters. The van der Waals surface area contributed by atoms with Crippen LogP contribution in [0.1, 0.15) is 56.5 Å². The number of benzene rings is 1. The summed E-state index contributed by atoms with van der Waals surface area (Å²) in [6.45, 7) is 10.4. The van der Waals surface area contributed by atoms with Crippen molar-refractivity contribution in [2.75, 3.05) is 13.2 Å². The molecule has 2 saturated heterocycles. The summed E-state index contributed by atoms with van der Waals surface area (Å²) in [5.74, 6) is 0.141. The zero-order chi connectivity index (χ0) is 17.8. The van der Waals surface area contributed by atoms with Crippen molar-refractivity contribution in [3.05, 3.63) is 29.3 Å². The minimum Gasteiger partial charge on any atom is -0.399 e. The number of carbonyl (C=O) groups excluding carboxylic acids is 1. The first kappa shape index (κ1) is 17.1. The van der Waals surface area contributed by atoms with E-state index in [1.807, 2.05) is 17.0 Å². The molecule has 0 saturated carbocycles. The molecule has 6 heteroatoms. The summed E-state index contributed by atoms with van der Waals surface area (Å²) in [6.07, 6.45) is 1.84. The number of rotatable bonds is 2. The van der Waals surface area contributed by atoms with Gasteiger partial charge in [0.05, 0.1) is 11.2 Å². The summed E-state index contributed by atoms with van der Waals surface area (Å²) in [6, 6.07) is 6.26. The van der Waals surface area contributed by atoms with Crippen LogP contribution in [0.3, 0.4) is 0 Å². The van der Waals surface area contributed by atoms with E-state index in [0.717, 1.165) is 42.6 Å². The molecule has 0 spiro atoms. The normalized spacial score (nSPS) is 25.5. The zero-order valence-corrected chi connectivity index (χ0v) is 15.5. The lowest BCUT2D eigenvalue weighted by Gasteiger charge is -2.32. The third-order valence-electron chi connectivity index (χ3n) is 6.12. The predicted octanol–water partition coefficient (Wildman–Crippen LogP) is 2.12. The van der Waals surface area contributed by atoms with Crippen molar-refractivity contribution in [1.29, 1.82) is 0 Å². The van der Waals surface area contributed by atoms with Crippen molar-refractivity contribution in [2.24, 2.45) is 0 Å². The molecule has 3 aliphatic rings. The lowest BCUT2D eigenvalue weighted by Crippen LogP contribution is -2.41. The fraction of sp³-hybridized carbons (Fsp3) is 0.632. The minimum atomic E-state index is -0.387. The number of ether oxygens (including phenoxy) is 1. The summed E-state index contributed by atoms with van der Waals surface area (Å²) >= 11 is 0. The average Bonchev–Trinajstić information content (AvgIpc) is 3.01. The fourth-order valence-corrected chi connectivity index (χ4v) is 3.78. The Balaban J connectivity index is 1.56. The molecule has 0 radical (unpaired) electrons. The van der Waals surface area contributed by atoms with Crippen molar-refractivity contribution < 1.29 is 18.8 Å². The molecule has 0 bridgehead atoms. The minimum absolute atomic E-state index is 0.141. The van der Waals surface area contributed by atoms with Gasteiger partial charge >= 0.3 is 7.12 Å². The second-order valence-corrected chi connectivity index (χ2v) is 8.28. The molecule has 1 aromatic carbocycles. The van der Waals surface area contributed by atoms with Crippen LogP contribution >= 0.6 is 0 Å². The van der Waals surface area contributed by atoms with Gasteiger partial charge in [-0.05, 0) is 57.6 Å². The van der Waals surface area contributed by atoms with Crippen molar-refractivity contribution in [3.63, 3.8) is 0 Å². The third kappa shape index (κ3) is 2.80. The molecular formula is C19H26BNO4. The van der Waals surface area contributed by atoms with Gasteiger partial charge in [0.2, 0.25) is 0 Å². The fourth-order valence-electron chi connectivity index (χ4n) is 3.78. The van der Waals surface area contributed by atoms with E-state index in [2.05, 4.69) is 33.8 Å². The number of hydrogen-bond acceptors (Lipinski definition) is 4. The lowest BCUT2D eigenvalue weighted by molar-refractivity contribution is 0.00578. The Bertz CT molecular complexity index is 681.